The number of aromatic nitrogens is 1. The van der Waals surface area contributed by atoms with Crippen molar-refractivity contribution >= 4 is 40.6 Å². The molecule has 2 unspecified atom stereocenters. The molecule has 2 rings (SSSR count). The minimum atomic E-state index is -4.47. The first-order valence-electron chi connectivity index (χ1n) is 5.20. The number of Topliss-reactive ketones (excluding diaryl/α,β-unsaturated/α-hetero) is 1. The fourth-order valence-electron chi connectivity index (χ4n) is 1.58. The molecule has 1 aromatic rings. The van der Waals surface area contributed by atoms with Crippen LogP contribution in [0.3, 0.4) is 0 Å². The van der Waals surface area contributed by atoms with E-state index in [2.05, 4.69) is 4.98 Å². The lowest BCUT2D eigenvalue weighted by molar-refractivity contribution is -0.137. The van der Waals surface area contributed by atoms with Crippen LogP contribution in [0, 0.1) is 0 Å². The second kappa shape index (κ2) is 5.42. The molecule has 8 heteroatoms. The van der Waals surface area contributed by atoms with Gasteiger partial charge in [-0.05, 0) is 0 Å². The molecule has 0 bridgehead atoms. The topological polar surface area (TPSA) is 30.0 Å². The predicted octanol–water partition coefficient (Wildman–Crippen LogP) is 3.58. The molecule has 1 saturated heterocycles. The Bertz CT molecular complexity index is 446. The maximum atomic E-state index is 12.4. The number of hydrogen-bond donors (Lipinski definition) is 0. The standard InChI is InChI=1S/C10H10F3NOS3/c1-5-8(17-3-2-16-5)7(15)6-4-14-9(18-6)10(11,12)13/h4-5,8H,2-3H2,1H3. The Kier molecular flexibility index (Phi) is 4.28. The van der Waals surface area contributed by atoms with Crippen molar-refractivity contribution in [3.8, 4) is 0 Å². The summed E-state index contributed by atoms with van der Waals surface area (Å²) in [6.45, 7) is 1.94. The highest BCUT2D eigenvalue weighted by Crippen LogP contribution is 2.36. The lowest BCUT2D eigenvalue weighted by atomic mass is 10.2. The minimum absolute atomic E-state index is 0.106. The van der Waals surface area contributed by atoms with Crippen LogP contribution in [-0.4, -0.2) is 32.8 Å². The average molecular weight is 313 g/mol. The van der Waals surface area contributed by atoms with Crippen molar-refractivity contribution < 1.29 is 18.0 Å². The summed E-state index contributed by atoms with van der Waals surface area (Å²) >= 11 is 3.64. The Morgan fingerprint density at radius 3 is 2.61 bits per heavy atom. The quantitative estimate of drug-likeness (QED) is 0.781. The number of hydrogen-bond acceptors (Lipinski definition) is 5. The van der Waals surface area contributed by atoms with Crippen LogP contribution in [0.5, 0.6) is 0 Å². The molecule has 2 heterocycles. The van der Waals surface area contributed by atoms with Crippen molar-refractivity contribution in [1.82, 2.24) is 4.98 Å². The Hall–Kier alpha value is -0.210. The highest BCUT2D eigenvalue weighted by atomic mass is 32.2. The van der Waals surface area contributed by atoms with Gasteiger partial charge in [-0.2, -0.15) is 24.9 Å². The largest absolute Gasteiger partial charge is 0.443 e. The molecular weight excluding hydrogens is 303 g/mol. The van der Waals surface area contributed by atoms with Gasteiger partial charge in [0.1, 0.15) is 0 Å². The molecule has 1 fully saturated rings. The van der Waals surface area contributed by atoms with Crippen molar-refractivity contribution in [1.29, 1.82) is 0 Å². The van der Waals surface area contributed by atoms with Crippen molar-refractivity contribution in [2.75, 3.05) is 11.5 Å². The second-order valence-corrected chi connectivity index (χ2v) is 7.52. The van der Waals surface area contributed by atoms with Gasteiger partial charge in [-0.1, -0.05) is 6.92 Å². The molecule has 1 aromatic heterocycles. The molecule has 0 amide bonds. The third kappa shape index (κ3) is 3.03. The first-order valence-corrected chi connectivity index (χ1v) is 8.11. The normalized spacial score (nSPS) is 25.1. The molecule has 2 nitrogen and oxygen atoms in total. The number of nitrogens with zero attached hydrogens (tertiary/aromatic N) is 1. The maximum Gasteiger partial charge on any atom is 0.443 e. The third-order valence-electron chi connectivity index (χ3n) is 2.44. The van der Waals surface area contributed by atoms with Gasteiger partial charge in [0, 0.05) is 23.0 Å². The van der Waals surface area contributed by atoms with Crippen molar-refractivity contribution in [2.45, 2.75) is 23.6 Å². The lowest BCUT2D eigenvalue weighted by Crippen LogP contribution is -2.30. The average Bonchev–Trinajstić information content (AvgIpc) is 2.77. The Morgan fingerprint density at radius 2 is 2.06 bits per heavy atom. The molecular formula is C10H10F3NOS3. The molecule has 2 atom stereocenters. The Labute approximate surface area is 115 Å². The van der Waals surface area contributed by atoms with Crippen LogP contribution in [0.2, 0.25) is 0 Å². The van der Waals surface area contributed by atoms with Crippen molar-refractivity contribution in [3.63, 3.8) is 0 Å². The summed E-state index contributed by atoms with van der Waals surface area (Å²) in [4.78, 5) is 15.5. The molecule has 0 radical (unpaired) electrons. The van der Waals surface area contributed by atoms with E-state index in [1.54, 1.807) is 11.8 Å². The third-order valence-corrected chi connectivity index (χ3v) is 6.58. The summed E-state index contributed by atoms with van der Waals surface area (Å²) < 4.78 is 37.2. The lowest BCUT2D eigenvalue weighted by Gasteiger charge is -2.25. The zero-order valence-electron chi connectivity index (χ0n) is 9.36. The van der Waals surface area contributed by atoms with E-state index in [-0.39, 0.29) is 21.2 Å². The van der Waals surface area contributed by atoms with Crippen LogP contribution in [0.25, 0.3) is 0 Å². The van der Waals surface area contributed by atoms with E-state index in [1.807, 2.05) is 6.92 Å². The van der Waals surface area contributed by atoms with Gasteiger partial charge in [0.2, 0.25) is 0 Å². The monoisotopic (exact) mass is 313 g/mol. The van der Waals surface area contributed by atoms with Crippen molar-refractivity contribution in [2.24, 2.45) is 0 Å². The number of rotatable bonds is 2. The zero-order chi connectivity index (χ0) is 13.3. The molecule has 18 heavy (non-hydrogen) atoms. The van der Waals surface area contributed by atoms with Gasteiger partial charge in [-0.3, -0.25) is 4.79 Å². The van der Waals surface area contributed by atoms with Crippen LogP contribution in [0.4, 0.5) is 13.2 Å². The van der Waals surface area contributed by atoms with E-state index in [9.17, 15) is 18.0 Å². The highest BCUT2D eigenvalue weighted by molar-refractivity contribution is 8.07. The number of carbonyl (C=O) groups is 1. The number of halogens is 3. The van der Waals surface area contributed by atoms with Crippen molar-refractivity contribution in [3.05, 3.63) is 16.1 Å². The van der Waals surface area contributed by atoms with E-state index in [1.165, 1.54) is 11.8 Å². The van der Waals surface area contributed by atoms with E-state index in [0.29, 0.717) is 11.3 Å². The minimum Gasteiger partial charge on any atom is -0.292 e. The highest BCUT2D eigenvalue weighted by Gasteiger charge is 2.37. The fraction of sp³-hybridized carbons (Fsp3) is 0.600. The molecule has 100 valence electrons. The maximum absolute atomic E-state index is 12.4. The molecule has 1 aliphatic heterocycles. The van der Waals surface area contributed by atoms with E-state index in [0.717, 1.165) is 17.7 Å². The fourth-order valence-corrected chi connectivity index (χ4v) is 5.13. The predicted molar refractivity (Wildman–Crippen MR) is 69.6 cm³/mol. The number of ketones is 1. The summed E-state index contributed by atoms with van der Waals surface area (Å²) in [6, 6.07) is 0. The van der Waals surface area contributed by atoms with Crippen LogP contribution >= 0.6 is 34.9 Å². The summed E-state index contributed by atoms with van der Waals surface area (Å²) in [5.74, 6) is 1.61. The first-order chi connectivity index (χ1) is 8.39. The van der Waals surface area contributed by atoms with Crippen LogP contribution < -0.4 is 0 Å². The smallest absolute Gasteiger partial charge is 0.292 e. The van der Waals surface area contributed by atoms with Gasteiger partial charge >= 0.3 is 6.18 Å². The number of carbonyl (C=O) groups excluding carboxylic acids is 1. The Balaban J connectivity index is 2.16. The van der Waals surface area contributed by atoms with Crippen LogP contribution in [-0.2, 0) is 6.18 Å². The van der Waals surface area contributed by atoms with Gasteiger partial charge in [-0.25, -0.2) is 4.98 Å². The molecule has 1 aliphatic rings. The van der Waals surface area contributed by atoms with E-state index < -0.39 is 11.2 Å². The molecule has 0 spiro atoms. The van der Waals surface area contributed by atoms with Gasteiger partial charge in [-0.15, -0.1) is 23.1 Å². The molecule has 0 saturated carbocycles. The summed E-state index contributed by atoms with van der Waals surface area (Å²) in [5, 5.41) is -1.08. The van der Waals surface area contributed by atoms with Gasteiger partial charge in [0.15, 0.2) is 10.8 Å². The SMILES string of the molecule is CC1SCCSC1C(=O)c1cnc(C(F)(F)F)s1. The van der Waals surface area contributed by atoms with E-state index in [4.69, 9.17) is 0 Å². The first kappa shape index (κ1) is 14.2. The van der Waals surface area contributed by atoms with Gasteiger partial charge < -0.3 is 0 Å². The van der Waals surface area contributed by atoms with Crippen LogP contribution in [0.15, 0.2) is 6.20 Å². The molecule has 0 N–H and O–H groups in total. The number of thiazole rings is 1. The van der Waals surface area contributed by atoms with Gasteiger partial charge in [0.05, 0.1) is 10.1 Å². The van der Waals surface area contributed by atoms with Crippen LogP contribution in [0.1, 0.15) is 21.6 Å². The molecule has 0 aromatic carbocycles. The summed E-state index contributed by atoms with van der Waals surface area (Å²) in [5.41, 5.74) is 0. The molecule has 0 aliphatic carbocycles. The second-order valence-electron chi connectivity index (χ2n) is 3.76. The number of thioether (sulfide) groups is 2. The zero-order valence-corrected chi connectivity index (χ0v) is 11.8. The Morgan fingerprint density at radius 1 is 1.39 bits per heavy atom. The van der Waals surface area contributed by atoms with E-state index >= 15 is 0 Å². The summed E-state index contributed by atoms with van der Waals surface area (Å²) in [7, 11) is 0. The number of alkyl halides is 3. The summed E-state index contributed by atoms with van der Waals surface area (Å²) in [6.07, 6.45) is -3.42. The van der Waals surface area contributed by atoms with Gasteiger partial charge in [0.25, 0.3) is 0 Å².